The molecule has 0 unspecified atom stereocenters. The predicted molar refractivity (Wildman–Crippen MR) is 163 cm³/mol. The first-order chi connectivity index (χ1) is 21.3. The lowest BCUT2D eigenvalue weighted by Crippen LogP contribution is -2.43. The third-order valence-electron chi connectivity index (χ3n) is 7.64. The van der Waals surface area contributed by atoms with Crippen molar-refractivity contribution in [1.82, 2.24) is 25.4 Å². The molecule has 2 aromatic heterocycles. The highest BCUT2D eigenvalue weighted by Crippen LogP contribution is 2.30. The van der Waals surface area contributed by atoms with Crippen molar-refractivity contribution < 1.29 is 32.4 Å². The number of allylic oxidation sites excluding steroid dienone is 5. The second-order valence-corrected chi connectivity index (χ2v) is 12.3. The zero-order valence-corrected chi connectivity index (χ0v) is 26.3. The van der Waals surface area contributed by atoms with Crippen LogP contribution in [-0.2, 0) is 4.74 Å². The fourth-order valence-corrected chi connectivity index (χ4v) is 5.31. The number of aromatic nitrogens is 4. The minimum Gasteiger partial charge on any atom is -0.487 e. The number of ketones is 1. The highest BCUT2D eigenvalue weighted by Gasteiger charge is 2.37. The Labute approximate surface area is 261 Å². The molecule has 12 nitrogen and oxygen atoms in total. The molecule has 45 heavy (non-hydrogen) atoms. The van der Waals surface area contributed by atoms with Crippen molar-refractivity contribution in [3.05, 3.63) is 54.7 Å². The van der Waals surface area contributed by atoms with Crippen LogP contribution in [0.25, 0.3) is 0 Å². The van der Waals surface area contributed by atoms with Crippen molar-refractivity contribution in [2.75, 3.05) is 36.0 Å². The molecule has 2 aromatic rings. The van der Waals surface area contributed by atoms with E-state index in [9.17, 15) is 18.4 Å². The summed E-state index contributed by atoms with van der Waals surface area (Å²) in [4.78, 5) is 41.0. The van der Waals surface area contributed by atoms with Gasteiger partial charge in [-0.2, -0.15) is 4.98 Å². The Morgan fingerprint density at radius 1 is 1.16 bits per heavy atom. The summed E-state index contributed by atoms with van der Waals surface area (Å²) < 4.78 is 44.9. The standard InChI is InChI=1S/C31H41F2N7O5/c1-7-23(32)8-9-24(33)14-22-17-40(18-26(22)36-30(42)44-31(4,5)6)28-34-15-25(16-35-28)43-20(3)21-10-12-39(13-11-21)29-37-27(19(2)41)38-45-29/h7-9,15-16,20-22,26H,1,10-14,17-18H2,2-6H3,(H,36,42)/b23-8+,24-9+/t20-,22-,26-/m0/s1. The number of carbonyl (C=O) groups excluding carboxylic acids is 2. The van der Waals surface area contributed by atoms with Crippen molar-refractivity contribution in [2.45, 2.75) is 71.6 Å². The van der Waals surface area contributed by atoms with E-state index in [2.05, 4.69) is 32.0 Å². The van der Waals surface area contributed by atoms with Crippen LogP contribution in [0.1, 0.15) is 64.5 Å². The van der Waals surface area contributed by atoms with Gasteiger partial charge in [0.15, 0.2) is 5.75 Å². The van der Waals surface area contributed by atoms with Crippen LogP contribution in [0.5, 0.6) is 5.75 Å². The second-order valence-electron chi connectivity index (χ2n) is 12.3. The molecule has 1 N–H and O–H groups in total. The second kappa shape index (κ2) is 14.6. The summed E-state index contributed by atoms with van der Waals surface area (Å²) in [5.74, 6) is -0.498. The number of nitrogens with one attached hydrogen (secondary N) is 1. The molecule has 244 valence electrons. The number of piperidine rings is 1. The molecule has 0 aromatic carbocycles. The van der Waals surface area contributed by atoms with Gasteiger partial charge in [0.05, 0.1) is 24.5 Å². The van der Waals surface area contributed by atoms with Crippen LogP contribution in [0.15, 0.2) is 53.4 Å². The molecule has 2 aliphatic rings. The Balaban J connectivity index is 1.35. The molecule has 1 amide bonds. The number of halogens is 2. The third kappa shape index (κ3) is 9.56. The van der Waals surface area contributed by atoms with E-state index in [4.69, 9.17) is 14.0 Å². The lowest BCUT2D eigenvalue weighted by Gasteiger charge is -2.33. The SMILES string of the molecule is C=C/C(F)=C\C=C(\F)C[C@H]1CN(c2ncc(O[C@@H](C)C3CCN(c4nc(C(C)=O)no4)CC3)cn2)C[C@@H]1NC(=O)OC(C)(C)C. The van der Waals surface area contributed by atoms with Crippen LogP contribution in [-0.4, -0.2) is 75.9 Å². The van der Waals surface area contributed by atoms with Gasteiger partial charge in [-0.15, -0.1) is 0 Å². The lowest BCUT2D eigenvalue weighted by molar-refractivity contribution is 0.0496. The first kappa shape index (κ1) is 33.5. The van der Waals surface area contributed by atoms with Crippen LogP contribution in [0.3, 0.4) is 0 Å². The Morgan fingerprint density at radius 2 is 1.84 bits per heavy atom. The highest BCUT2D eigenvalue weighted by molar-refractivity contribution is 5.90. The van der Waals surface area contributed by atoms with E-state index >= 15 is 0 Å². The molecule has 2 aliphatic heterocycles. The molecule has 0 bridgehead atoms. The summed E-state index contributed by atoms with van der Waals surface area (Å²) in [5.41, 5.74) is -0.697. The van der Waals surface area contributed by atoms with E-state index in [-0.39, 0.29) is 36.0 Å². The van der Waals surface area contributed by atoms with E-state index in [0.29, 0.717) is 43.9 Å². The molecule has 0 saturated carbocycles. The van der Waals surface area contributed by atoms with E-state index in [1.54, 1.807) is 33.2 Å². The first-order valence-electron chi connectivity index (χ1n) is 15.0. The van der Waals surface area contributed by atoms with Crippen LogP contribution < -0.4 is 19.9 Å². The van der Waals surface area contributed by atoms with Crippen molar-refractivity contribution in [2.24, 2.45) is 11.8 Å². The van der Waals surface area contributed by atoms with E-state index in [0.717, 1.165) is 31.1 Å². The van der Waals surface area contributed by atoms with Gasteiger partial charge in [-0.05, 0) is 64.7 Å². The number of nitrogens with zero attached hydrogens (tertiary/aromatic N) is 6. The average molecular weight is 630 g/mol. The summed E-state index contributed by atoms with van der Waals surface area (Å²) >= 11 is 0. The van der Waals surface area contributed by atoms with E-state index in [1.165, 1.54) is 6.92 Å². The van der Waals surface area contributed by atoms with Gasteiger partial charge in [0, 0.05) is 45.4 Å². The number of hydrogen-bond acceptors (Lipinski definition) is 11. The predicted octanol–water partition coefficient (Wildman–Crippen LogP) is 5.36. The highest BCUT2D eigenvalue weighted by atomic mass is 19.1. The van der Waals surface area contributed by atoms with Gasteiger partial charge in [-0.3, -0.25) is 4.79 Å². The smallest absolute Gasteiger partial charge is 0.407 e. The largest absolute Gasteiger partial charge is 0.487 e. The Hall–Kier alpha value is -4.36. The maximum atomic E-state index is 14.7. The molecular formula is C31H41F2N7O5. The molecule has 0 aliphatic carbocycles. The number of alkyl carbamates (subject to hydrolysis) is 1. The van der Waals surface area contributed by atoms with Gasteiger partial charge < -0.3 is 29.1 Å². The summed E-state index contributed by atoms with van der Waals surface area (Å²) in [7, 11) is 0. The van der Waals surface area contributed by atoms with Gasteiger partial charge in [0.2, 0.25) is 17.6 Å². The molecular weight excluding hydrogens is 588 g/mol. The van der Waals surface area contributed by atoms with Gasteiger partial charge >= 0.3 is 12.1 Å². The summed E-state index contributed by atoms with van der Waals surface area (Å²) in [6.45, 7) is 14.1. The number of anilines is 2. The van der Waals surface area contributed by atoms with Gasteiger partial charge in [0.1, 0.15) is 17.3 Å². The quantitative estimate of drug-likeness (QED) is 0.254. The normalized spacial score (nSPS) is 20.6. The molecule has 4 rings (SSSR count). The van der Waals surface area contributed by atoms with Crippen LogP contribution >= 0.6 is 0 Å². The fourth-order valence-electron chi connectivity index (χ4n) is 5.31. The number of hydrogen-bond donors (Lipinski definition) is 1. The molecule has 0 radical (unpaired) electrons. The van der Waals surface area contributed by atoms with Crippen molar-refractivity contribution >= 4 is 23.8 Å². The van der Waals surface area contributed by atoms with E-state index in [1.807, 2.05) is 16.7 Å². The molecule has 2 saturated heterocycles. The molecule has 0 spiro atoms. The topological polar surface area (TPSA) is 136 Å². The van der Waals surface area contributed by atoms with Gasteiger partial charge in [-0.1, -0.05) is 11.7 Å². The van der Waals surface area contributed by atoms with E-state index < -0.39 is 29.4 Å². The zero-order valence-electron chi connectivity index (χ0n) is 26.3. The van der Waals surface area contributed by atoms with Crippen molar-refractivity contribution in [3.8, 4) is 5.75 Å². The van der Waals surface area contributed by atoms with Gasteiger partial charge in [0.25, 0.3) is 0 Å². The van der Waals surface area contributed by atoms with Crippen LogP contribution in [0.4, 0.5) is 25.5 Å². The first-order valence-corrected chi connectivity index (χ1v) is 15.0. The maximum Gasteiger partial charge on any atom is 0.407 e. The molecule has 14 heteroatoms. The third-order valence-corrected chi connectivity index (χ3v) is 7.64. The number of carbonyl (C=O) groups is 2. The number of rotatable bonds is 11. The lowest BCUT2D eigenvalue weighted by atomic mass is 9.92. The number of Topliss-reactive ketones (excluding diaryl/α,β-unsaturated/α-hetero) is 1. The fraction of sp³-hybridized carbons (Fsp3) is 0.548. The van der Waals surface area contributed by atoms with Crippen molar-refractivity contribution in [3.63, 3.8) is 0 Å². The minimum absolute atomic E-state index is 0.0280. The number of ether oxygens (including phenoxy) is 2. The minimum atomic E-state index is -0.697. The van der Waals surface area contributed by atoms with Crippen LogP contribution in [0, 0.1) is 11.8 Å². The Morgan fingerprint density at radius 3 is 2.44 bits per heavy atom. The number of amides is 1. The molecule has 4 heterocycles. The maximum absolute atomic E-state index is 14.7. The van der Waals surface area contributed by atoms with Crippen molar-refractivity contribution in [1.29, 1.82) is 0 Å². The molecule has 2 fully saturated rings. The summed E-state index contributed by atoms with van der Waals surface area (Å²) in [6.07, 6.45) is 7.19. The molecule has 3 atom stereocenters. The monoisotopic (exact) mass is 629 g/mol. The average Bonchev–Trinajstić information content (AvgIpc) is 3.63. The summed E-state index contributed by atoms with van der Waals surface area (Å²) in [6, 6.07) is -0.111. The zero-order chi connectivity index (χ0) is 32.7. The Bertz CT molecular complexity index is 1400. The van der Waals surface area contributed by atoms with Crippen LogP contribution in [0.2, 0.25) is 0 Å². The Kier molecular flexibility index (Phi) is 10.9. The summed E-state index contributed by atoms with van der Waals surface area (Å²) in [5, 5.41) is 6.56. The van der Waals surface area contributed by atoms with Gasteiger partial charge in [-0.25, -0.2) is 23.5 Å².